The van der Waals surface area contributed by atoms with Crippen molar-refractivity contribution in [1.29, 1.82) is 0 Å². The van der Waals surface area contributed by atoms with Crippen molar-refractivity contribution in [1.82, 2.24) is 5.32 Å². The molecule has 0 heterocycles. The van der Waals surface area contributed by atoms with E-state index in [9.17, 15) is 4.79 Å². The zero-order valence-electron chi connectivity index (χ0n) is 6.72. The van der Waals surface area contributed by atoms with Gasteiger partial charge in [0.05, 0.1) is 0 Å². The fourth-order valence-corrected chi connectivity index (χ4v) is 0.962. The highest BCUT2D eigenvalue weighted by molar-refractivity contribution is 6.36. The first-order chi connectivity index (χ1) is 5.25. The quantitative estimate of drug-likeness (QED) is 0.523. The van der Waals surface area contributed by atoms with Crippen LogP contribution in [0.5, 0.6) is 0 Å². The minimum absolute atomic E-state index is 0.0249. The molecule has 0 fully saturated rings. The molecule has 0 aromatic heterocycles. The van der Waals surface area contributed by atoms with Crippen molar-refractivity contribution in [3.8, 4) is 0 Å². The van der Waals surface area contributed by atoms with Gasteiger partial charge >= 0.3 is 0 Å². The minimum Gasteiger partial charge on any atom is -0.355 e. The Morgan fingerprint density at radius 3 is 2.64 bits per heavy atom. The smallest absolute Gasteiger partial charge is 0.250 e. The summed E-state index contributed by atoms with van der Waals surface area (Å²) in [7, 11) is 3.55. The van der Waals surface area contributed by atoms with Crippen LogP contribution in [0.2, 0.25) is 0 Å². The molecule has 1 N–H and O–H groups in total. The van der Waals surface area contributed by atoms with Crippen LogP contribution in [0.1, 0.15) is 10.4 Å². The second-order valence-corrected chi connectivity index (χ2v) is 2.39. The molecule has 0 spiro atoms. The van der Waals surface area contributed by atoms with Crippen molar-refractivity contribution < 1.29 is 4.79 Å². The van der Waals surface area contributed by atoms with Crippen LogP contribution in [0.25, 0.3) is 0 Å². The Hall–Kier alpha value is -1.25. The average Bonchev–Trinajstić information content (AvgIpc) is 2.04. The van der Waals surface area contributed by atoms with Gasteiger partial charge in [-0.15, -0.1) is 0 Å². The molecule has 3 heteroatoms. The van der Waals surface area contributed by atoms with Crippen LogP contribution in [-0.4, -0.2) is 20.8 Å². The molecule has 0 saturated carbocycles. The maximum Gasteiger partial charge on any atom is 0.250 e. The van der Waals surface area contributed by atoms with Crippen molar-refractivity contribution in [2.24, 2.45) is 0 Å². The second kappa shape index (κ2) is 3.24. The molecule has 1 aromatic rings. The van der Waals surface area contributed by atoms with Gasteiger partial charge in [-0.25, -0.2) is 0 Å². The first-order valence-electron chi connectivity index (χ1n) is 3.53. The lowest BCUT2D eigenvalue weighted by Crippen LogP contribution is -2.25. The van der Waals surface area contributed by atoms with E-state index in [1.807, 2.05) is 32.1 Å². The fourth-order valence-electron chi connectivity index (χ4n) is 0.962. The topological polar surface area (TPSA) is 29.1 Å². The van der Waals surface area contributed by atoms with Gasteiger partial charge in [0.25, 0.3) is 0 Å². The Bertz CT molecular complexity index is 273. The van der Waals surface area contributed by atoms with E-state index < -0.39 is 0 Å². The molecule has 56 valence electrons. The summed E-state index contributed by atoms with van der Waals surface area (Å²) in [4.78, 5) is 11.1. The van der Waals surface area contributed by atoms with Crippen LogP contribution in [0.4, 0.5) is 0 Å². The average molecular weight is 147 g/mol. The molecule has 0 aliphatic heterocycles. The van der Waals surface area contributed by atoms with Crippen LogP contribution in [-0.2, 0) is 0 Å². The summed E-state index contributed by atoms with van der Waals surface area (Å²) in [6.07, 6.45) is 0. The Balaban J connectivity index is 3.03. The standard InChI is InChI=1S/C8H10BNO/c1-10-8(11)6-4-2-3-5-7(6)9/h2-5H,9H2,1H3,(H,10,11). The second-order valence-electron chi connectivity index (χ2n) is 2.39. The number of nitrogens with one attached hydrogen (secondary N) is 1. The summed E-state index contributed by atoms with van der Waals surface area (Å²) in [5.74, 6) is -0.0249. The van der Waals surface area contributed by atoms with Gasteiger partial charge in [-0.1, -0.05) is 29.7 Å². The molecule has 2 nitrogen and oxygen atoms in total. The molecule has 0 saturated heterocycles. The number of rotatable bonds is 1. The molecule has 1 rings (SSSR count). The molecule has 0 aliphatic rings. The summed E-state index contributed by atoms with van der Waals surface area (Å²) in [6.45, 7) is 0. The molecule has 0 atom stereocenters. The molecule has 0 unspecified atom stereocenters. The molecule has 11 heavy (non-hydrogen) atoms. The van der Waals surface area contributed by atoms with Crippen molar-refractivity contribution in [2.45, 2.75) is 0 Å². The minimum atomic E-state index is -0.0249. The van der Waals surface area contributed by atoms with Gasteiger partial charge in [-0.05, 0) is 0 Å². The lowest BCUT2D eigenvalue weighted by atomic mass is 9.90. The first kappa shape index (κ1) is 7.86. The maximum absolute atomic E-state index is 11.1. The summed E-state index contributed by atoms with van der Waals surface area (Å²) < 4.78 is 0. The first-order valence-corrected chi connectivity index (χ1v) is 3.53. The van der Waals surface area contributed by atoms with Gasteiger partial charge in [0.15, 0.2) is 0 Å². The van der Waals surface area contributed by atoms with Crippen LogP contribution in [0.15, 0.2) is 24.3 Å². The van der Waals surface area contributed by atoms with Crippen molar-refractivity contribution in [3.63, 3.8) is 0 Å². The molecule has 0 radical (unpaired) electrons. The monoisotopic (exact) mass is 147 g/mol. The van der Waals surface area contributed by atoms with Gasteiger partial charge in [0.2, 0.25) is 5.91 Å². The highest BCUT2D eigenvalue weighted by Crippen LogP contribution is 1.92. The van der Waals surface area contributed by atoms with E-state index in [4.69, 9.17) is 0 Å². The highest BCUT2D eigenvalue weighted by Gasteiger charge is 2.03. The molecular weight excluding hydrogens is 137 g/mol. The Morgan fingerprint density at radius 1 is 1.45 bits per heavy atom. The van der Waals surface area contributed by atoms with Crippen LogP contribution < -0.4 is 10.8 Å². The Kier molecular flexibility index (Phi) is 2.31. The van der Waals surface area contributed by atoms with Gasteiger partial charge in [-0.3, -0.25) is 4.79 Å². The zero-order valence-corrected chi connectivity index (χ0v) is 6.72. The molecule has 0 bridgehead atoms. The predicted octanol–water partition coefficient (Wildman–Crippen LogP) is -0.695. The van der Waals surface area contributed by atoms with E-state index in [1.165, 1.54) is 0 Å². The van der Waals surface area contributed by atoms with Crippen LogP contribution in [0.3, 0.4) is 0 Å². The summed E-state index contributed by atoms with van der Waals surface area (Å²) in [6, 6.07) is 7.51. The summed E-state index contributed by atoms with van der Waals surface area (Å²) >= 11 is 0. The van der Waals surface area contributed by atoms with Crippen LogP contribution >= 0.6 is 0 Å². The molecular formula is C8H10BNO. The highest BCUT2D eigenvalue weighted by atomic mass is 16.1. The number of amides is 1. The normalized spacial score (nSPS) is 9.18. The summed E-state index contributed by atoms with van der Waals surface area (Å²) in [5, 5.41) is 2.58. The molecule has 1 amide bonds. The van der Waals surface area contributed by atoms with E-state index in [2.05, 4.69) is 5.32 Å². The van der Waals surface area contributed by atoms with Gasteiger partial charge < -0.3 is 5.32 Å². The largest absolute Gasteiger partial charge is 0.355 e. The Morgan fingerprint density at radius 2 is 2.09 bits per heavy atom. The SMILES string of the molecule is Bc1ccccc1C(=O)NC. The fraction of sp³-hybridized carbons (Fsp3) is 0.125. The van der Waals surface area contributed by atoms with Crippen LogP contribution in [0, 0.1) is 0 Å². The van der Waals surface area contributed by atoms with Crippen molar-refractivity contribution in [2.75, 3.05) is 7.05 Å². The van der Waals surface area contributed by atoms with Crippen molar-refractivity contribution >= 4 is 19.2 Å². The molecule has 1 aromatic carbocycles. The number of hydrogen-bond acceptors (Lipinski definition) is 1. The predicted molar refractivity (Wildman–Crippen MR) is 48.0 cm³/mol. The van der Waals surface area contributed by atoms with Crippen molar-refractivity contribution in [3.05, 3.63) is 29.8 Å². The lowest BCUT2D eigenvalue weighted by Gasteiger charge is -2.01. The maximum atomic E-state index is 11.1. The van der Waals surface area contributed by atoms with E-state index in [0.29, 0.717) is 0 Å². The van der Waals surface area contributed by atoms with E-state index in [0.717, 1.165) is 11.0 Å². The Labute approximate surface area is 67.0 Å². The van der Waals surface area contributed by atoms with Gasteiger partial charge in [0, 0.05) is 12.6 Å². The molecule has 0 aliphatic carbocycles. The third kappa shape index (κ3) is 1.61. The lowest BCUT2D eigenvalue weighted by molar-refractivity contribution is 0.0964. The number of hydrogen-bond donors (Lipinski definition) is 1. The van der Waals surface area contributed by atoms with Gasteiger partial charge in [0.1, 0.15) is 7.85 Å². The third-order valence-corrected chi connectivity index (χ3v) is 1.62. The number of carbonyl (C=O) groups excluding carboxylic acids is 1. The zero-order chi connectivity index (χ0) is 8.27. The van der Waals surface area contributed by atoms with E-state index in [-0.39, 0.29) is 5.91 Å². The number of benzene rings is 1. The van der Waals surface area contributed by atoms with E-state index in [1.54, 1.807) is 7.05 Å². The van der Waals surface area contributed by atoms with Gasteiger partial charge in [-0.2, -0.15) is 0 Å². The summed E-state index contributed by atoms with van der Waals surface area (Å²) in [5.41, 5.74) is 1.75. The third-order valence-electron chi connectivity index (χ3n) is 1.62. The van der Waals surface area contributed by atoms with E-state index >= 15 is 0 Å². The number of carbonyl (C=O) groups is 1.